The third-order valence-electron chi connectivity index (χ3n) is 2.37. The molecule has 0 atom stereocenters. The van der Waals surface area contributed by atoms with Gasteiger partial charge in [-0.2, -0.15) is 0 Å². The van der Waals surface area contributed by atoms with Crippen molar-refractivity contribution in [2.75, 3.05) is 42.4 Å². The van der Waals surface area contributed by atoms with Gasteiger partial charge in [-0.1, -0.05) is 0 Å². The van der Waals surface area contributed by atoms with Crippen molar-refractivity contribution in [3.63, 3.8) is 0 Å². The van der Waals surface area contributed by atoms with Crippen molar-refractivity contribution in [2.24, 2.45) is 0 Å². The molecule has 0 fully saturated rings. The number of rotatable bonds is 4. The molecule has 0 N–H and O–H groups in total. The minimum atomic E-state index is -0.431. The summed E-state index contributed by atoms with van der Waals surface area (Å²) in [4.78, 5) is 27.7. The number of ether oxygens (including phenoxy) is 2. The molecule has 1 aliphatic heterocycles. The van der Waals surface area contributed by atoms with Crippen LogP contribution in [0.4, 0.5) is 0 Å². The third-order valence-corrected chi connectivity index (χ3v) is 8.80. The Hall–Kier alpha value is -0.941. The predicted octanol–water partition coefficient (Wildman–Crippen LogP) is -0.784. The van der Waals surface area contributed by atoms with Gasteiger partial charge in [0.15, 0.2) is 0 Å². The van der Waals surface area contributed by atoms with Crippen LogP contribution in [0.15, 0.2) is 18.1 Å². The Morgan fingerprint density at radius 3 is 1.45 bits per heavy atom. The number of carbonyl (C=O) groups excluding carboxylic acids is 2. The van der Waals surface area contributed by atoms with Gasteiger partial charge in [0.05, 0.1) is 0 Å². The average molecular weight is 412 g/mol. The van der Waals surface area contributed by atoms with E-state index in [1.807, 2.05) is 38.0 Å². The van der Waals surface area contributed by atoms with E-state index in [9.17, 15) is 9.59 Å². The summed E-state index contributed by atoms with van der Waals surface area (Å²) in [5.41, 5.74) is 0. The van der Waals surface area contributed by atoms with Crippen LogP contribution < -0.4 is 0 Å². The van der Waals surface area contributed by atoms with Crippen molar-refractivity contribution in [1.82, 2.24) is 9.80 Å². The van der Waals surface area contributed by atoms with Crippen LogP contribution >= 0.6 is 0 Å². The number of esters is 2. The fraction of sp³-hybridized carbons (Fsp3) is 0.500. The van der Waals surface area contributed by atoms with Gasteiger partial charge in [-0.15, -0.1) is 0 Å². The van der Waals surface area contributed by atoms with E-state index in [4.69, 9.17) is 9.47 Å². The van der Waals surface area contributed by atoms with Crippen LogP contribution in [0, 0.1) is 0 Å². The Morgan fingerprint density at radius 1 is 0.850 bits per heavy atom. The van der Waals surface area contributed by atoms with Crippen LogP contribution in [-0.4, -0.2) is 94.1 Å². The molecule has 0 bridgehead atoms. The molecule has 0 unspecified atom stereocenters. The first kappa shape index (κ1) is 17.1. The molecular weight excluding hydrogens is 394 g/mol. The first-order valence-electron chi connectivity index (χ1n) is 5.69. The Bertz CT molecular complexity index is 444. The van der Waals surface area contributed by atoms with Gasteiger partial charge in [0, 0.05) is 0 Å². The number of hydrogen-bond acceptors (Lipinski definition) is 6. The van der Waals surface area contributed by atoms with E-state index in [1.165, 1.54) is 14.2 Å². The average Bonchev–Trinajstić information content (AvgIpc) is 2.80. The number of methoxy groups -OCH3 is 2. The van der Waals surface area contributed by atoms with Crippen LogP contribution in [0.3, 0.4) is 0 Å². The number of carbonyl (C=O) groups is 2. The molecule has 0 aromatic heterocycles. The van der Waals surface area contributed by atoms with Crippen molar-refractivity contribution in [2.45, 2.75) is 0 Å². The summed E-state index contributed by atoms with van der Waals surface area (Å²) in [7, 11) is 10.4. The van der Waals surface area contributed by atoms with Crippen molar-refractivity contribution in [1.29, 1.82) is 0 Å². The SMILES string of the molecule is COC(=O)C1=C(C(=O)OC)[Se]C(=C(N(C)C)N(C)C)[Se]1. The second kappa shape index (κ2) is 7.18. The fourth-order valence-electron chi connectivity index (χ4n) is 1.61. The number of nitrogens with zero attached hydrogens (tertiary/aromatic N) is 2. The standard InChI is InChI=1S/C12H18N2O4Se2/c1-13(2)9(14(3)4)12-19-7(10(15)17-5)8(20-12)11(16)18-6/h1-6H3. The molecule has 20 heavy (non-hydrogen) atoms. The molecule has 0 aliphatic carbocycles. The summed E-state index contributed by atoms with van der Waals surface area (Å²) >= 11 is -0.416. The molecular formula is C12H18N2O4Se2. The zero-order valence-corrected chi connectivity index (χ0v) is 15.8. The second-order valence-corrected chi connectivity index (χ2v) is 9.84. The molecule has 112 valence electrons. The Labute approximate surface area is 131 Å². The summed E-state index contributed by atoms with van der Waals surface area (Å²) < 4.78 is 11.6. The van der Waals surface area contributed by atoms with Gasteiger partial charge in [0.25, 0.3) is 0 Å². The molecule has 0 spiro atoms. The fourth-order valence-corrected chi connectivity index (χ4v) is 9.01. The van der Waals surface area contributed by atoms with E-state index in [0.717, 1.165) is 9.19 Å². The molecule has 1 heterocycles. The van der Waals surface area contributed by atoms with Gasteiger partial charge in [-0.3, -0.25) is 0 Å². The maximum atomic E-state index is 11.8. The zero-order valence-electron chi connectivity index (χ0n) is 12.3. The van der Waals surface area contributed by atoms with Crippen molar-refractivity contribution >= 4 is 41.9 Å². The molecule has 0 saturated heterocycles. The van der Waals surface area contributed by atoms with Crippen LogP contribution in [0.25, 0.3) is 0 Å². The Morgan fingerprint density at radius 2 is 1.20 bits per heavy atom. The normalized spacial score (nSPS) is 14.2. The first-order valence-corrected chi connectivity index (χ1v) is 9.11. The van der Waals surface area contributed by atoms with E-state index in [0.29, 0.717) is 8.94 Å². The van der Waals surface area contributed by atoms with Gasteiger partial charge in [-0.05, 0) is 0 Å². The van der Waals surface area contributed by atoms with E-state index >= 15 is 0 Å². The summed E-state index contributed by atoms with van der Waals surface area (Å²) in [5, 5.41) is 0. The van der Waals surface area contributed by atoms with Gasteiger partial charge < -0.3 is 0 Å². The van der Waals surface area contributed by atoms with Crippen molar-refractivity contribution < 1.29 is 19.1 Å². The first-order chi connectivity index (χ1) is 9.33. The summed E-state index contributed by atoms with van der Waals surface area (Å²) in [6.45, 7) is 0. The van der Waals surface area contributed by atoms with Gasteiger partial charge in [-0.25, -0.2) is 0 Å². The van der Waals surface area contributed by atoms with Crippen LogP contribution in [-0.2, 0) is 19.1 Å². The molecule has 1 rings (SSSR count). The Kier molecular flexibility index (Phi) is 6.14. The van der Waals surface area contributed by atoms with Crippen molar-refractivity contribution in [3.8, 4) is 0 Å². The summed E-state index contributed by atoms with van der Waals surface area (Å²) in [6.07, 6.45) is 0. The van der Waals surface area contributed by atoms with Gasteiger partial charge in [0.2, 0.25) is 0 Å². The van der Waals surface area contributed by atoms with E-state index in [1.54, 1.807) is 0 Å². The topological polar surface area (TPSA) is 59.1 Å². The van der Waals surface area contributed by atoms with Crippen LogP contribution in [0.1, 0.15) is 0 Å². The van der Waals surface area contributed by atoms with Gasteiger partial charge >= 0.3 is 131 Å². The van der Waals surface area contributed by atoms with Crippen LogP contribution in [0.2, 0.25) is 0 Å². The molecule has 8 heteroatoms. The molecule has 0 aromatic rings. The zero-order chi connectivity index (χ0) is 15.4. The van der Waals surface area contributed by atoms with Crippen molar-refractivity contribution in [3.05, 3.63) is 18.1 Å². The third kappa shape index (κ3) is 3.58. The maximum absolute atomic E-state index is 11.8. The van der Waals surface area contributed by atoms with Crippen LogP contribution in [0.5, 0.6) is 0 Å². The quantitative estimate of drug-likeness (QED) is 0.446. The molecule has 0 radical (unpaired) electrons. The second-order valence-electron chi connectivity index (χ2n) is 4.25. The number of hydrogen-bond donors (Lipinski definition) is 0. The van der Waals surface area contributed by atoms with E-state index < -0.39 is 11.9 Å². The Balaban J connectivity index is 3.23. The molecule has 0 saturated carbocycles. The molecule has 0 aromatic carbocycles. The molecule has 6 nitrogen and oxygen atoms in total. The van der Waals surface area contributed by atoms with E-state index in [2.05, 4.69) is 0 Å². The minimum absolute atomic E-state index is 0.208. The monoisotopic (exact) mass is 414 g/mol. The molecule has 0 amide bonds. The predicted molar refractivity (Wildman–Crippen MR) is 77.0 cm³/mol. The summed E-state index contributed by atoms with van der Waals surface area (Å²) in [5.74, 6) is 0.170. The van der Waals surface area contributed by atoms with E-state index in [-0.39, 0.29) is 29.9 Å². The van der Waals surface area contributed by atoms with Gasteiger partial charge in [0.1, 0.15) is 0 Å². The summed E-state index contributed by atoms with van der Waals surface area (Å²) in [6, 6.07) is 0. The molecule has 1 aliphatic rings.